The van der Waals surface area contributed by atoms with Gasteiger partial charge in [0.1, 0.15) is 0 Å². The van der Waals surface area contributed by atoms with Crippen molar-refractivity contribution < 1.29 is 14.4 Å². The quantitative estimate of drug-likeness (QED) is 0.121. The molecule has 0 saturated carbocycles. The maximum Gasteiger partial charge on any atom is 0.269 e. The zero-order chi connectivity index (χ0) is 19.6. The number of benzene rings is 2. The van der Waals surface area contributed by atoms with E-state index >= 15 is 0 Å². The first-order valence-corrected chi connectivity index (χ1v) is 8.26. The van der Waals surface area contributed by atoms with Gasteiger partial charge in [-0.05, 0) is 29.8 Å². The molecule has 0 saturated heterocycles. The number of nitro groups is 1. The summed E-state index contributed by atoms with van der Waals surface area (Å²) in [4.78, 5) is 14.5. The Labute approximate surface area is 180 Å². The molecular weight excluding hydrogens is 477 g/mol. The molecule has 0 atom stereocenters. The third kappa shape index (κ3) is 7.10. The van der Waals surface area contributed by atoms with Crippen molar-refractivity contribution in [3.8, 4) is 11.5 Å². The summed E-state index contributed by atoms with van der Waals surface area (Å²) in [6, 6.07) is 11.8. The Morgan fingerprint density at radius 2 is 1.79 bits per heavy atom. The number of hydrogen-bond donors (Lipinski definition) is 3. The minimum Gasteiger partial charge on any atom is -0.493 e. The van der Waals surface area contributed by atoms with Gasteiger partial charge in [0.05, 0.1) is 25.7 Å². The summed E-state index contributed by atoms with van der Waals surface area (Å²) < 4.78 is 10.5. The average molecular weight is 501 g/mol. The first-order valence-electron chi connectivity index (χ1n) is 8.26. The Morgan fingerprint density at radius 3 is 2.39 bits per heavy atom. The lowest BCUT2D eigenvalue weighted by molar-refractivity contribution is -0.384. The molecule has 0 fully saturated rings. The molecule has 10 heteroatoms. The number of non-ortho nitro benzene ring substituents is 1. The molecule has 0 aliphatic heterocycles. The minimum atomic E-state index is -0.430. The van der Waals surface area contributed by atoms with Crippen LogP contribution in [0.2, 0.25) is 0 Å². The molecule has 0 aliphatic rings. The summed E-state index contributed by atoms with van der Waals surface area (Å²) in [5.74, 6) is 1.63. The third-order valence-electron chi connectivity index (χ3n) is 3.72. The normalized spacial score (nSPS) is 10.6. The van der Waals surface area contributed by atoms with E-state index < -0.39 is 4.92 Å². The molecule has 0 aromatic heterocycles. The van der Waals surface area contributed by atoms with Gasteiger partial charge in [0.15, 0.2) is 17.5 Å². The fourth-order valence-electron chi connectivity index (χ4n) is 2.31. The second-order valence-electron chi connectivity index (χ2n) is 5.55. The number of nitrogens with one attached hydrogen (secondary N) is 2. The van der Waals surface area contributed by atoms with Crippen molar-refractivity contribution in [3.05, 3.63) is 58.1 Å². The highest BCUT2D eigenvalue weighted by molar-refractivity contribution is 14.0. The zero-order valence-corrected chi connectivity index (χ0v) is 18.0. The van der Waals surface area contributed by atoms with Crippen LogP contribution >= 0.6 is 24.0 Å². The molecule has 0 radical (unpaired) electrons. The van der Waals surface area contributed by atoms with Crippen molar-refractivity contribution in [1.29, 1.82) is 0 Å². The second kappa shape index (κ2) is 11.8. The maximum atomic E-state index is 10.6. The molecule has 0 heterocycles. The van der Waals surface area contributed by atoms with Gasteiger partial charge in [-0.1, -0.05) is 6.07 Å². The second-order valence-corrected chi connectivity index (χ2v) is 5.55. The van der Waals surface area contributed by atoms with Crippen molar-refractivity contribution >= 4 is 41.3 Å². The Morgan fingerprint density at radius 1 is 1.11 bits per heavy atom. The smallest absolute Gasteiger partial charge is 0.269 e. The summed E-state index contributed by atoms with van der Waals surface area (Å²) in [5.41, 5.74) is 7.66. The van der Waals surface area contributed by atoms with Gasteiger partial charge < -0.3 is 25.8 Å². The van der Waals surface area contributed by atoms with Crippen LogP contribution in [0.3, 0.4) is 0 Å². The van der Waals surface area contributed by atoms with E-state index in [0.717, 1.165) is 11.3 Å². The molecule has 0 amide bonds. The number of aliphatic imine (C=N–C) groups is 1. The number of hydrogen-bond acceptors (Lipinski definition) is 6. The number of nitro benzene ring substituents is 1. The molecule has 4 N–H and O–H groups in total. The SMILES string of the molecule is COc1ccc(CN=C(N)NCCNc2ccc([N+](=O)[O-])cc2)cc1OC.I. The first kappa shape index (κ1) is 23.3. The maximum absolute atomic E-state index is 10.6. The molecule has 2 aromatic carbocycles. The average Bonchev–Trinajstić information content (AvgIpc) is 2.69. The van der Waals surface area contributed by atoms with Crippen LogP contribution in [0.15, 0.2) is 47.5 Å². The van der Waals surface area contributed by atoms with Crippen LogP contribution in [-0.4, -0.2) is 38.2 Å². The highest BCUT2D eigenvalue weighted by Crippen LogP contribution is 2.27. The number of nitrogens with zero attached hydrogens (tertiary/aromatic N) is 2. The molecule has 9 nitrogen and oxygen atoms in total. The van der Waals surface area contributed by atoms with E-state index in [0.29, 0.717) is 37.1 Å². The standard InChI is InChI=1S/C18H23N5O4.HI/c1-26-16-8-3-13(11-17(16)27-2)12-22-18(19)21-10-9-20-14-4-6-15(7-5-14)23(24)25;/h3-8,11,20H,9-10,12H2,1-2H3,(H3,19,21,22);1H. The summed E-state index contributed by atoms with van der Waals surface area (Å²) in [6.45, 7) is 1.55. The lowest BCUT2D eigenvalue weighted by Crippen LogP contribution is -2.35. The van der Waals surface area contributed by atoms with E-state index in [9.17, 15) is 10.1 Å². The van der Waals surface area contributed by atoms with E-state index in [1.165, 1.54) is 12.1 Å². The van der Waals surface area contributed by atoms with E-state index in [2.05, 4.69) is 15.6 Å². The molecule has 0 aliphatic carbocycles. The molecule has 0 spiro atoms. The molecular formula is C18H24IN5O4. The summed E-state index contributed by atoms with van der Waals surface area (Å²) in [5, 5.41) is 16.8. The van der Waals surface area contributed by atoms with Crippen LogP contribution in [-0.2, 0) is 6.54 Å². The van der Waals surface area contributed by atoms with Gasteiger partial charge >= 0.3 is 0 Å². The Balaban J connectivity index is 0.00000392. The Hall–Kier alpha value is -2.76. The van der Waals surface area contributed by atoms with Crippen LogP contribution in [0.4, 0.5) is 11.4 Å². The highest BCUT2D eigenvalue weighted by Gasteiger charge is 2.05. The highest BCUT2D eigenvalue weighted by atomic mass is 127. The van der Waals surface area contributed by atoms with Gasteiger partial charge in [-0.25, -0.2) is 4.99 Å². The number of halogens is 1. The zero-order valence-electron chi connectivity index (χ0n) is 15.7. The fourth-order valence-corrected chi connectivity index (χ4v) is 2.31. The van der Waals surface area contributed by atoms with E-state index in [1.807, 2.05) is 18.2 Å². The third-order valence-corrected chi connectivity index (χ3v) is 3.72. The van der Waals surface area contributed by atoms with Gasteiger partial charge in [0.25, 0.3) is 5.69 Å². The minimum absolute atomic E-state index is 0. The Kier molecular flexibility index (Phi) is 9.85. The lowest BCUT2D eigenvalue weighted by Gasteiger charge is -2.10. The molecule has 152 valence electrons. The van der Waals surface area contributed by atoms with Crippen LogP contribution in [0, 0.1) is 10.1 Å². The lowest BCUT2D eigenvalue weighted by atomic mass is 10.2. The van der Waals surface area contributed by atoms with Crippen LogP contribution in [0.1, 0.15) is 5.56 Å². The first-order chi connectivity index (χ1) is 13.0. The van der Waals surface area contributed by atoms with Gasteiger partial charge in [0.2, 0.25) is 0 Å². The summed E-state index contributed by atoms with van der Waals surface area (Å²) in [7, 11) is 3.17. The monoisotopic (exact) mass is 501 g/mol. The van der Waals surface area contributed by atoms with E-state index in [1.54, 1.807) is 26.4 Å². The predicted molar refractivity (Wildman–Crippen MR) is 120 cm³/mol. The number of guanidine groups is 1. The van der Waals surface area contributed by atoms with Crippen molar-refractivity contribution in [2.45, 2.75) is 6.54 Å². The predicted octanol–water partition coefficient (Wildman–Crippen LogP) is 2.75. The fraction of sp³-hybridized carbons (Fsp3) is 0.278. The van der Waals surface area contributed by atoms with Crippen LogP contribution in [0.25, 0.3) is 0 Å². The van der Waals surface area contributed by atoms with Crippen LogP contribution in [0.5, 0.6) is 11.5 Å². The number of anilines is 1. The van der Waals surface area contributed by atoms with Crippen molar-refractivity contribution in [3.63, 3.8) is 0 Å². The number of methoxy groups -OCH3 is 2. The van der Waals surface area contributed by atoms with Gasteiger partial charge in [-0.3, -0.25) is 10.1 Å². The summed E-state index contributed by atoms with van der Waals surface area (Å²) in [6.07, 6.45) is 0. The Bertz CT molecular complexity index is 799. The van der Waals surface area contributed by atoms with Crippen molar-refractivity contribution in [1.82, 2.24) is 5.32 Å². The molecule has 2 rings (SSSR count). The van der Waals surface area contributed by atoms with Gasteiger partial charge in [0, 0.05) is 30.9 Å². The van der Waals surface area contributed by atoms with Gasteiger partial charge in [-0.2, -0.15) is 0 Å². The molecule has 0 bridgehead atoms. The number of rotatable bonds is 9. The summed E-state index contributed by atoms with van der Waals surface area (Å²) >= 11 is 0. The van der Waals surface area contributed by atoms with E-state index in [-0.39, 0.29) is 29.7 Å². The molecule has 2 aromatic rings. The largest absolute Gasteiger partial charge is 0.493 e. The number of nitrogens with two attached hydrogens (primary N) is 1. The van der Waals surface area contributed by atoms with E-state index in [4.69, 9.17) is 15.2 Å². The molecule has 0 unspecified atom stereocenters. The van der Waals surface area contributed by atoms with Crippen molar-refractivity contribution in [2.24, 2.45) is 10.7 Å². The number of ether oxygens (including phenoxy) is 2. The van der Waals surface area contributed by atoms with Crippen LogP contribution < -0.4 is 25.8 Å². The molecule has 28 heavy (non-hydrogen) atoms. The van der Waals surface area contributed by atoms with Crippen molar-refractivity contribution in [2.75, 3.05) is 32.6 Å². The topological polar surface area (TPSA) is 124 Å². The van der Waals surface area contributed by atoms with Gasteiger partial charge in [-0.15, -0.1) is 24.0 Å².